The standard InChI is InChI=1S/C26H26N4O/c27-19-21-10-12-25(13-11-21)30-15-5-14-29(16-17-30)20-22-6-4-7-23(18-22)26(31)28-24-8-2-1-3-9-24/h1-4,6-13,18H,5,14-17,20H2,(H,28,31). The fourth-order valence-electron chi connectivity index (χ4n) is 3.93. The van der Waals surface area contributed by atoms with Crippen molar-refractivity contribution in [3.8, 4) is 6.07 Å². The zero-order valence-electron chi connectivity index (χ0n) is 17.5. The van der Waals surface area contributed by atoms with E-state index in [0.717, 1.165) is 50.4 Å². The number of nitrogens with one attached hydrogen (secondary N) is 1. The summed E-state index contributed by atoms with van der Waals surface area (Å²) in [6, 6.07) is 27.4. The van der Waals surface area contributed by atoms with E-state index in [0.29, 0.717) is 11.1 Å². The zero-order valence-corrected chi connectivity index (χ0v) is 17.5. The molecule has 1 aliphatic rings. The number of para-hydroxylation sites is 1. The number of hydrogen-bond donors (Lipinski definition) is 1. The van der Waals surface area contributed by atoms with Gasteiger partial charge in [-0.25, -0.2) is 0 Å². The van der Waals surface area contributed by atoms with Crippen LogP contribution in [-0.2, 0) is 6.54 Å². The molecular formula is C26H26N4O. The Labute approximate surface area is 183 Å². The van der Waals surface area contributed by atoms with Gasteiger partial charge in [-0.15, -0.1) is 0 Å². The first-order valence-corrected chi connectivity index (χ1v) is 10.6. The van der Waals surface area contributed by atoms with Crippen LogP contribution < -0.4 is 10.2 Å². The van der Waals surface area contributed by atoms with Crippen LogP contribution in [0.3, 0.4) is 0 Å². The summed E-state index contributed by atoms with van der Waals surface area (Å²) >= 11 is 0. The first-order chi connectivity index (χ1) is 15.2. The van der Waals surface area contributed by atoms with Gasteiger partial charge in [-0.2, -0.15) is 5.26 Å². The minimum absolute atomic E-state index is 0.0871. The van der Waals surface area contributed by atoms with Crippen molar-refractivity contribution in [2.45, 2.75) is 13.0 Å². The van der Waals surface area contributed by atoms with E-state index in [1.54, 1.807) is 0 Å². The number of carbonyl (C=O) groups is 1. The number of anilines is 2. The maximum Gasteiger partial charge on any atom is 0.255 e. The fourth-order valence-corrected chi connectivity index (χ4v) is 3.93. The van der Waals surface area contributed by atoms with Gasteiger partial charge in [-0.3, -0.25) is 9.69 Å². The van der Waals surface area contributed by atoms with Crippen LogP contribution in [0.1, 0.15) is 27.9 Å². The second-order valence-electron chi connectivity index (χ2n) is 7.80. The summed E-state index contributed by atoms with van der Waals surface area (Å²) in [5, 5.41) is 11.9. The summed E-state index contributed by atoms with van der Waals surface area (Å²) < 4.78 is 0. The fraction of sp³-hybridized carbons (Fsp3) is 0.231. The first kappa shape index (κ1) is 20.6. The van der Waals surface area contributed by atoms with Crippen molar-refractivity contribution in [2.75, 3.05) is 36.4 Å². The molecule has 31 heavy (non-hydrogen) atoms. The van der Waals surface area contributed by atoms with E-state index < -0.39 is 0 Å². The highest BCUT2D eigenvalue weighted by atomic mass is 16.1. The number of amides is 1. The van der Waals surface area contributed by atoms with E-state index in [-0.39, 0.29) is 5.91 Å². The average Bonchev–Trinajstić information content (AvgIpc) is 3.05. The Morgan fingerprint density at radius 2 is 1.71 bits per heavy atom. The van der Waals surface area contributed by atoms with Crippen LogP contribution in [-0.4, -0.2) is 37.0 Å². The topological polar surface area (TPSA) is 59.4 Å². The molecule has 0 spiro atoms. The van der Waals surface area contributed by atoms with Crippen LogP contribution in [0, 0.1) is 11.3 Å². The van der Waals surface area contributed by atoms with Gasteiger partial charge in [0.05, 0.1) is 11.6 Å². The van der Waals surface area contributed by atoms with E-state index in [9.17, 15) is 4.79 Å². The highest BCUT2D eigenvalue weighted by Crippen LogP contribution is 2.19. The lowest BCUT2D eigenvalue weighted by Crippen LogP contribution is -2.30. The molecule has 1 N–H and O–H groups in total. The second kappa shape index (κ2) is 9.92. The molecule has 3 aromatic rings. The predicted molar refractivity (Wildman–Crippen MR) is 124 cm³/mol. The second-order valence-corrected chi connectivity index (χ2v) is 7.80. The minimum atomic E-state index is -0.0871. The van der Waals surface area contributed by atoms with Gasteiger partial charge in [0.1, 0.15) is 0 Å². The smallest absolute Gasteiger partial charge is 0.255 e. The average molecular weight is 411 g/mol. The molecule has 5 heteroatoms. The SMILES string of the molecule is N#Cc1ccc(N2CCCN(Cc3cccc(C(=O)Nc4ccccc4)c3)CC2)cc1. The monoisotopic (exact) mass is 410 g/mol. The largest absolute Gasteiger partial charge is 0.370 e. The molecule has 0 atom stereocenters. The van der Waals surface area contributed by atoms with Gasteiger partial charge >= 0.3 is 0 Å². The molecule has 1 heterocycles. The van der Waals surface area contributed by atoms with Crippen LogP contribution in [0.4, 0.5) is 11.4 Å². The molecule has 156 valence electrons. The van der Waals surface area contributed by atoms with Gasteiger partial charge in [-0.05, 0) is 60.5 Å². The lowest BCUT2D eigenvalue weighted by atomic mass is 10.1. The van der Waals surface area contributed by atoms with E-state index in [2.05, 4.69) is 27.3 Å². The molecule has 4 rings (SSSR count). The molecule has 0 bridgehead atoms. The van der Waals surface area contributed by atoms with Crippen LogP contribution in [0.2, 0.25) is 0 Å². The van der Waals surface area contributed by atoms with Crippen molar-refractivity contribution in [3.05, 3.63) is 95.6 Å². The van der Waals surface area contributed by atoms with E-state index in [1.807, 2.05) is 72.8 Å². The van der Waals surface area contributed by atoms with Gasteiger partial charge in [0, 0.05) is 49.7 Å². The number of benzene rings is 3. The third-order valence-electron chi connectivity index (χ3n) is 5.58. The Hall–Kier alpha value is -3.62. The van der Waals surface area contributed by atoms with Crippen molar-refractivity contribution in [3.63, 3.8) is 0 Å². The quantitative estimate of drug-likeness (QED) is 0.672. The summed E-state index contributed by atoms with van der Waals surface area (Å²) in [5.41, 5.74) is 4.48. The molecular weight excluding hydrogens is 384 g/mol. The van der Waals surface area contributed by atoms with Gasteiger partial charge in [-0.1, -0.05) is 30.3 Å². The third-order valence-corrected chi connectivity index (χ3v) is 5.58. The normalized spacial score (nSPS) is 14.5. The Kier molecular flexibility index (Phi) is 6.61. The summed E-state index contributed by atoms with van der Waals surface area (Å²) in [4.78, 5) is 17.4. The Morgan fingerprint density at radius 1 is 0.903 bits per heavy atom. The Bertz CT molecular complexity index is 1060. The van der Waals surface area contributed by atoms with E-state index in [4.69, 9.17) is 5.26 Å². The summed E-state index contributed by atoms with van der Waals surface area (Å²) in [6.45, 7) is 4.75. The van der Waals surface area contributed by atoms with Crippen LogP contribution in [0.5, 0.6) is 0 Å². The van der Waals surface area contributed by atoms with Crippen LogP contribution in [0.15, 0.2) is 78.9 Å². The third kappa shape index (κ3) is 5.50. The summed E-state index contributed by atoms with van der Waals surface area (Å²) in [6.07, 6.45) is 1.08. The molecule has 0 radical (unpaired) electrons. The van der Waals surface area contributed by atoms with Gasteiger partial charge in [0.2, 0.25) is 0 Å². The molecule has 3 aromatic carbocycles. The van der Waals surface area contributed by atoms with Crippen molar-refractivity contribution < 1.29 is 4.79 Å². The van der Waals surface area contributed by atoms with Crippen molar-refractivity contribution in [2.24, 2.45) is 0 Å². The molecule has 0 unspecified atom stereocenters. The maximum absolute atomic E-state index is 12.6. The molecule has 1 saturated heterocycles. The van der Waals surface area contributed by atoms with Crippen molar-refractivity contribution >= 4 is 17.3 Å². The number of nitrogens with zero attached hydrogens (tertiary/aromatic N) is 3. The van der Waals surface area contributed by atoms with Crippen molar-refractivity contribution in [1.29, 1.82) is 5.26 Å². The molecule has 1 fully saturated rings. The summed E-state index contributed by atoms with van der Waals surface area (Å²) in [7, 11) is 0. The first-order valence-electron chi connectivity index (χ1n) is 10.6. The lowest BCUT2D eigenvalue weighted by molar-refractivity contribution is 0.102. The number of nitriles is 1. The molecule has 1 amide bonds. The zero-order chi connectivity index (χ0) is 21.5. The van der Waals surface area contributed by atoms with Gasteiger partial charge in [0.15, 0.2) is 0 Å². The highest BCUT2D eigenvalue weighted by molar-refractivity contribution is 6.04. The number of carbonyl (C=O) groups excluding carboxylic acids is 1. The van der Waals surface area contributed by atoms with Crippen LogP contribution in [0.25, 0.3) is 0 Å². The molecule has 5 nitrogen and oxygen atoms in total. The van der Waals surface area contributed by atoms with E-state index in [1.165, 1.54) is 5.69 Å². The predicted octanol–water partition coefficient (Wildman–Crippen LogP) is 4.52. The molecule has 1 aliphatic heterocycles. The number of hydrogen-bond acceptors (Lipinski definition) is 4. The maximum atomic E-state index is 12.6. The van der Waals surface area contributed by atoms with Crippen LogP contribution >= 0.6 is 0 Å². The number of rotatable bonds is 5. The highest BCUT2D eigenvalue weighted by Gasteiger charge is 2.16. The molecule has 0 aliphatic carbocycles. The van der Waals surface area contributed by atoms with Gasteiger partial charge in [0.25, 0.3) is 5.91 Å². The molecule has 0 aromatic heterocycles. The summed E-state index contributed by atoms with van der Waals surface area (Å²) in [5.74, 6) is -0.0871. The Morgan fingerprint density at radius 3 is 2.48 bits per heavy atom. The van der Waals surface area contributed by atoms with E-state index >= 15 is 0 Å². The lowest BCUT2D eigenvalue weighted by Gasteiger charge is -2.24. The minimum Gasteiger partial charge on any atom is -0.370 e. The van der Waals surface area contributed by atoms with Gasteiger partial charge < -0.3 is 10.2 Å². The Balaban J connectivity index is 1.36. The van der Waals surface area contributed by atoms with Crippen molar-refractivity contribution in [1.82, 2.24) is 4.90 Å². The molecule has 0 saturated carbocycles.